The lowest BCUT2D eigenvalue weighted by Crippen LogP contribution is -2.17. The van der Waals surface area contributed by atoms with Crippen molar-refractivity contribution in [1.82, 2.24) is 0 Å². The molecule has 1 atom stereocenters. The van der Waals surface area contributed by atoms with E-state index >= 15 is 0 Å². The topological polar surface area (TPSA) is 26.0 Å². The molecular weight excluding hydrogens is 170 g/mol. The van der Waals surface area contributed by atoms with E-state index in [1.807, 2.05) is 0 Å². The standard InChI is InChI=1S/C13H29N/c1-4-6-7-8-10-13(3,5-2)11-9-12-14/h4-12,14H2,1-3H3. The van der Waals surface area contributed by atoms with E-state index in [0.29, 0.717) is 5.41 Å². The zero-order chi connectivity index (χ0) is 10.9. The Hall–Kier alpha value is -0.0400. The lowest BCUT2D eigenvalue weighted by Gasteiger charge is -2.28. The van der Waals surface area contributed by atoms with Gasteiger partial charge in [0, 0.05) is 0 Å². The Bertz CT molecular complexity index is 122. The maximum Gasteiger partial charge on any atom is -0.00771 e. The second-order valence-electron chi connectivity index (χ2n) is 4.87. The van der Waals surface area contributed by atoms with Crippen LogP contribution in [0.15, 0.2) is 0 Å². The van der Waals surface area contributed by atoms with Gasteiger partial charge in [-0.1, -0.05) is 52.9 Å². The average Bonchev–Trinajstić information content (AvgIpc) is 2.22. The number of rotatable bonds is 9. The van der Waals surface area contributed by atoms with Gasteiger partial charge in [-0.15, -0.1) is 0 Å². The van der Waals surface area contributed by atoms with Crippen molar-refractivity contribution in [3.8, 4) is 0 Å². The highest BCUT2D eigenvalue weighted by Gasteiger charge is 2.20. The van der Waals surface area contributed by atoms with Crippen molar-refractivity contribution in [2.24, 2.45) is 11.1 Å². The Morgan fingerprint density at radius 3 is 2.07 bits per heavy atom. The zero-order valence-electron chi connectivity index (χ0n) is 10.4. The van der Waals surface area contributed by atoms with Crippen molar-refractivity contribution < 1.29 is 0 Å². The van der Waals surface area contributed by atoms with Crippen LogP contribution in [0.25, 0.3) is 0 Å². The fourth-order valence-electron chi connectivity index (χ4n) is 1.99. The third-order valence-corrected chi connectivity index (χ3v) is 3.47. The predicted molar refractivity (Wildman–Crippen MR) is 65.4 cm³/mol. The summed E-state index contributed by atoms with van der Waals surface area (Å²) in [6, 6.07) is 0. The highest BCUT2D eigenvalue weighted by Crippen LogP contribution is 2.33. The van der Waals surface area contributed by atoms with E-state index < -0.39 is 0 Å². The second-order valence-corrected chi connectivity index (χ2v) is 4.87. The molecule has 0 aromatic rings. The van der Waals surface area contributed by atoms with Crippen LogP contribution in [0.4, 0.5) is 0 Å². The van der Waals surface area contributed by atoms with Gasteiger partial charge in [-0.05, 0) is 31.2 Å². The van der Waals surface area contributed by atoms with E-state index in [2.05, 4.69) is 20.8 Å². The summed E-state index contributed by atoms with van der Waals surface area (Å²) in [5.41, 5.74) is 6.13. The van der Waals surface area contributed by atoms with Gasteiger partial charge in [0.1, 0.15) is 0 Å². The molecule has 0 saturated heterocycles. The normalized spacial score (nSPS) is 15.4. The minimum absolute atomic E-state index is 0.563. The first-order chi connectivity index (χ1) is 6.68. The summed E-state index contributed by atoms with van der Waals surface area (Å²) in [6.07, 6.45) is 10.8. The molecule has 1 heteroatoms. The van der Waals surface area contributed by atoms with Gasteiger partial charge < -0.3 is 5.73 Å². The monoisotopic (exact) mass is 199 g/mol. The maximum atomic E-state index is 5.57. The van der Waals surface area contributed by atoms with Gasteiger partial charge in [0.2, 0.25) is 0 Å². The van der Waals surface area contributed by atoms with Gasteiger partial charge >= 0.3 is 0 Å². The molecule has 0 heterocycles. The summed E-state index contributed by atoms with van der Waals surface area (Å²) in [4.78, 5) is 0. The molecule has 0 aromatic heterocycles. The molecule has 0 aliphatic carbocycles. The van der Waals surface area contributed by atoms with E-state index in [9.17, 15) is 0 Å². The Kier molecular flexibility index (Phi) is 8.26. The van der Waals surface area contributed by atoms with Crippen molar-refractivity contribution in [3.63, 3.8) is 0 Å². The van der Waals surface area contributed by atoms with Gasteiger partial charge in [-0.3, -0.25) is 0 Å². The fraction of sp³-hybridized carbons (Fsp3) is 1.00. The van der Waals surface area contributed by atoms with E-state index in [4.69, 9.17) is 5.73 Å². The Morgan fingerprint density at radius 2 is 1.57 bits per heavy atom. The van der Waals surface area contributed by atoms with Gasteiger partial charge in [0.15, 0.2) is 0 Å². The molecule has 0 aromatic carbocycles. The molecule has 0 fully saturated rings. The highest BCUT2D eigenvalue weighted by molar-refractivity contribution is 4.72. The van der Waals surface area contributed by atoms with E-state index in [1.165, 1.54) is 51.4 Å². The molecule has 14 heavy (non-hydrogen) atoms. The number of unbranched alkanes of at least 4 members (excludes halogenated alkanes) is 3. The summed E-state index contributed by atoms with van der Waals surface area (Å²) in [6.45, 7) is 7.86. The number of nitrogens with two attached hydrogens (primary N) is 1. The molecule has 2 N–H and O–H groups in total. The van der Waals surface area contributed by atoms with Crippen LogP contribution in [0.2, 0.25) is 0 Å². The molecule has 0 amide bonds. The molecule has 1 unspecified atom stereocenters. The van der Waals surface area contributed by atoms with Crippen LogP contribution in [0.5, 0.6) is 0 Å². The number of hydrogen-bond donors (Lipinski definition) is 1. The van der Waals surface area contributed by atoms with Crippen molar-refractivity contribution >= 4 is 0 Å². The predicted octanol–water partition coefficient (Wildman–Crippen LogP) is 4.11. The first-order valence-electron chi connectivity index (χ1n) is 6.38. The first kappa shape index (κ1) is 14.0. The van der Waals surface area contributed by atoms with Crippen molar-refractivity contribution in [2.45, 2.75) is 72.1 Å². The smallest absolute Gasteiger partial charge is 0.00771 e. The third kappa shape index (κ3) is 6.42. The van der Waals surface area contributed by atoms with Crippen LogP contribution < -0.4 is 5.73 Å². The van der Waals surface area contributed by atoms with E-state index in [-0.39, 0.29) is 0 Å². The van der Waals surface area contributed by atoms with Crippen molar-refractivity contribution in [1.29, 1.82) is 0 Å². The van der Waals surface area contributed by atoms with Crippen LogP contribution >= 0.6 is 0 Å². The highest BCUT2D eigenvalue weighted by atomic mass is 14.5. The van der Waals surface area contributed by atoms with Crippen LogP contribution in [-0.2, 0) is 0 Å². The summed E-state index contributed by atoms with van der Waals surface area (Å²) in [5.74, 6) is 0. The van der Waals surface area contributed by atoms with Crippen molar-refractivity contribution in [3.05, 3.63) is 0 Å². The molecule has 1 nitrogen and oxygen atoms in total. The van der Waals surface area contributed by atoms with Gasteiger partial charge in [0.25, 0.3) is 0 Å². The zero-order valence-corrected chi connectivity index (χ0v) is 10.4. The lowest BCUT2D eigenvalue weighted by molar-refractivity contribution is 0.246. The molecule has 0 aliphatic heterocycles. The molecule has 0 saturated carbocycles. The van der Waals surface area contributed by atoms with Crippen molar-refractivity contribution in [2.75, 3.05) is 6.54 Å². The molecule has 0 rings (SSSR count). The van der Waals surface area contributed by atoms with E-state index in [1.54, 1.807) is 0 Å². The molecule has 0 aliphatic rings. The quantitative estimate of drug-likeness (QED) is 0.556. The fourth-order valence-corrected chi connectivity index (χ4v) is 1.99. The van der Waals surface area contributed by atoms with Crippen LogP contribution in [0.1, 0.15) is 72.1 Å². The molecule has 86 valence electrons. The minimum atomic E-state index is 0.563. The Morgan fingerprint density at radius 1 is 0.929 bits per heavy atom. The third-order valence-electron chi connectivity index (χ3n) is 3.47. The Labute approximate surface area is 90.5 Å². The van der Waals surface area contributed by atoms with E-state index in [0.717, 1.165) is 6.54 Å². The first-order valence-corrected chi connectivity index (χ1v) is 6.38. The molecular formula is C13H29N. The van der Waals surface area contributed by atoms with Gasteiger partial charge in [-0.2, -0.15) is 0 Å². The Balaban J connectivity index is 3.63. The molecule has 0 radical (unpaired) electrons. The summed E-state index contributed by atoms with van der Waals surface area (Å²) in [7, 11) is 0. The summed E-state index contributed by atoms with van der Waals surface area (Å²) < 4.78 is 0. The number of hydrogen-bond acceptors (Lipinski definition) is 1. The van der Waals surface area contributed by atoms with Crippen LogP contribution in [0.3, 0.4) is 0 Å². The van der Waals surface area contributed by atoms with Crippen LogP contribution in [0, 0.1) is 5.41 Å². The van der Waals surface area contributed by atoms with Crippen LogP contribution in [-0.4, -0.2) is 6.54 Å². The average molecular weight is 199 g/mol. The maximum absolute atomic E-state index is 5.57. The largest absolute Gasteiger partial charge is 0.330 e. The SMILES string of the molecule is CCCCCCC(C)(CC)CCCN. The molecule has 0 bridgehead atoms. The molecule has 0 spiro atoms. The second kappa shape index (κ2) is 8.28. The summed E-state index contributed by atoms with van der Waals surface area (Å²) >= 11 is 0. The van der Waals surface area contributed by atoms with Gasteiger partial charge in [0.05, 0.1) is 0 Å². The minimum Gasteiger partial charge on any atom is -0.330 e. The lowest BCUT2D eigenvalue weighted by atomic mass is 9.78. The van der Waals surface area contributed by atoms with Gasteiger partial charge in [-0.25, -0.2) is 0 Å². The summed E-state index contributed by atoms with van der Waals surface area (Å²) in [5, 5.41) is 0.